The zero-order valence-corrected chi connectivity index (χ0v) is 8.96. The van der Waals surface area contributed by atoms with Crippen LogP contribution in [0.5, 0.6) is 0 Å². The average molecular weight is 185 g/mol. The molecule has 0 aliphatic carbocycles. The van der Waals surface area contributed by atoms with Crippen LogP contribution in [0.15, 0.2) is 0 Å². The minimum absolute atomic E-state index is 0.0900. The number of esters is 1. The number of carbonyl (C=O) groups is 1. The lowest BCUT2D eigenvalue weighted by molar-refractivity contribution is -0.157. The van der Waals surface area contributed by atoms with Gasteiger partial charge in [-0.15, -0.1) is 0 Å². The Bertz CT molecular complexity index is 196. The van der Waals surface area contributed by atoms with Crippen LogP contribution in [0.1, 0.15) is 27.2 Å². The van der Waals surface area contributed by atoms with Gasteiger partial charge in [0.15, 0.2) is 0 Å². The van der Waals surface area contributed by atoms with Gasteiger partial charge < -0.3 is 9.64 Å². The maximum absolute atomic E-state index is 11.5. The van der Waals surface area contributed by atoms with Crippen molar-refractivity contribution < 1.29 is 9.53 Å². The first kappa shape index (κ1) is 10.5. The molecule has 0 aromatic rings. The minimum Gasteiger partial charge on any atom is -0.461 e. The van der Waals surface area contributed by atoms with E-state index in [2.05, 4.69) is 4.90 Å². The van der Waals surface area contributed by atoms with Gasteiger partial charge in [0.05, 0.1) is 5.41 Å². The largest absolute Gasteiger partial charge is 0.461 e. The van der Waals surface area contributed by atoms with Crippen molar-refractivity contribution in [3.05, 3.63) is 0 Å². The lowest BCUT2D eigenvalue weighted by atomic mass is 9.97. The molecule has 0 bridgehead atoms. The summed E-state index contributed by atoms with van der Waals surface area (Å²) >= 11 is 0. The highest BCUT2D eigenvalue weighted by atomic mass is 16.5. The van der Waals surface area contributed by atoms with Gasteiger partial charge in [-0.25, -0.2) is 0 Å². The van der Waals surface area contributed by atoms with E-state index >= 15 is 0 Å². The average Bonchev–Trinajstić information content (AvgIpc) is 2.33. The van der Waals surface area contributed by atoms with Gasteiger partial charge in [-0.2, -0.15) is 0 Å². The number of likely N-dealkylation sites (N-methyl/N-ethyl adjacent to an activating group) is 1. The molecule has 0 aromatic carbocycles. The van der Waals surface area contributed by atoms with Crippen molar-refractivity contribution in [3.8, 4) is 0 Å². The molecule has 76 valence electrons. The lowest BCUT2D eigenvalue weighted by Gasteiger charge is -2.20. The van der Waals surface area contributed by atoms with Crippen molar-refractivity contribution in [1.82, 2.24) is 4.90 Å². The van der Waals surface area contributed by atoms with Crippen LogP contribution in [0, 0.1) is 5.41 Å². The Morgan fingerprint density at radius 2 is 2.08 bits per heavy atom. The van der Waals surface area contributed by atoms with Gasteiger partial charge in [-0.05, 0) is 34.2 Å². The summed E-state index contributed by atoms with van der Waals surface area (Å²) in [6.07, 6.45) is 1.08. The Hall–Kier alpha value is -0.570. The second-order valence-corrected chi connectivity index (χ2v) is 4.83. The Morgan fingerprint density at radius 3 is 2.46 bits per heavy atom. The maximum Gasteiger partial charge on any atom is 0.311 e. The van der Waals surface area contributed by atoms with E-state index in [0.29, 0.717) is 0 Å². The van der Waals surface area contributed by atoms with E-state index in [4.69, 9.17) is 4.74 Å². The van der Waals surface area contributed by atoms with Crippen molar-refractivity contribution in [1.29, 1.82) is 0 Å². The molecule has 0 saturated carbocycles. The van der Waals surface area contributed by atoms with E-state index in [0.717, 1.165) is 19.5 Å². The molecule has 0 spiro atoms. The van der Waals surface area contributed by atoms with Crippen molar-refractivity contribution in [3.63, 3.8) is 0 Å². The minimum atomic E-state index is -0.374. The molecule has 13 heavy (non-hydrogen) atoms. The number of likely N-dealkylation sites (tertiary alicyclic amines) is 1. The van der Waals surface area contributed by atoms with E-state index in [1.165, 1.54) is 0 Å². The highest BCUT2D eigenvalue weighted by molar-refractivity contribution is 5.75. The van der Waals surface area contributed by atoms with Crippen LogP contribution in [0.2, 0.25) is 0 Å². The van der Waals surface area contributed by atoms with Crippen LogP contribution in [-0.4, -0.2) is 37.1 Å². The zero-order chi connectivity index (χ0) is 10.1. The second-order valence-electron chi connectivity index (χ2n) is 4.83. The van der Waals surface area contributed by atoms with Gasteiger partial charge in [-0.3, -0.25) is 4.79 Å². The molecule has 3 heteroatoms. The third-order valence-electron chi connectivity index (χ3n) is 2.23. The summed E-state index contributed by atoms with van der Waals surface area (Å²) in [5, 5.41) is 0. The van der Waals surface area contributed by atoms with Crippen molar-refractivity contribution in [2.75, 3.05) is 20.1 Å². The number of carbonyl (C=O) groups excluding carboxylic acids is 1. The van der Waals surface area contributed by atoms with Gasteiger partial charge in [0.2, 0.25) is 0 Å². The highest BCUT2D eigenvalue weighted by Crippen LogP contribution is 2.19. The second kappa shape index (κ2) is 3.66. The number of hydrogen-bond acceptors (Lipinski definition) is 3. The lowest BCUT2D eigenvalue weighted by Crippen LogP contribution is -2.29. The fourth-order valence-corrected chi connectivity index (χ4v) is 1.32. The highest BCUT2D eigenvalue weighted by Gasteiger charge is 2.29. The van der Waals surface area contributed by atoms with Crippen LogP contribution in [-0.2, 0) is 9.53 Å². The van der Waals surface area contributed by atoms with E-state index in [1.54, 1.807) is 0 Å². The molecule has 1 fully saturated rings. The van der Waals surface area contributed by atoms with Crippen molar-refractivity contribution in [2.24, 2.45) is 5.41 Å². The fourth-order valence-electron chi connectivity index (χ4n) is 1.32. The summed E-state index contributed by atoms with van der Waals surface area (Å²) in [6.45, 7) is 7.56. The first-order valence-electron chi connectivity index (χ1n) is 4.79. The molecule has 1 aliphatic heterocycles. The molecule has 0 unspecified atom stereocenters. The van der Waals surface area contributed by atoms with E-state index in [9.17, 15) is 4.79 Å². The smallest absolute Gasteiger partial charge is 0.311 e. The summed E-state index contributed by atoms with van der Waals surface area (Å²) in [6, 6.07) is 0. The number of nitrogens with zero attached hydrogens (tertiary/aromatic N) is 1. The van der Waals surface area contributed by atoms with E-state index in [-0.39, 0.29) is 17.5 Å². The standard InChI is InChI=1S/C10H19NO2/c1-10(2,3)9(12)13-8-5-6-11(4)7-8/h8H,5-7H2,1-4H3/t8-/m1/s1. The van der Waals surface area contributed by atoms with Crippen LogP contribution in [0.25, 0.3) is 0 Å². The molecule has 1 atom stereocenters. The summed E-state index contributed by atoms with van der Waals surface area (Å²) in [4.78, 5) is 13.7. The molecule has 3 nitrogen and oxygen atoms in total. The maximum atomic E-state index is 11.5. The van der Waals surface area contributed by atoms with Crippen LogP contribution >= 0.6 is 0 Å². The van der Waals surface area contributed by atoms with Crippen LogP contribution < -0.4 is 0 Å². The van der Waals surface area contributed by atoms with Gasteiger partial charge in [-0.1, -0.05) is 0 Å². The van der Waals surface area contributed by atoms with Crippen LogP contribution in [0.3, 0.4) is 0 Å². The van der Waals surface area contributed by atoms with Crippen molar-refractivity contribution >= 4 is 5.97 Å². The van der Waals surface area contributed by atoms with Gasteiger partial charge >= 0.3 is 5.97 Å². The topological polar surface area (TPSA) is 29.5 Å². The molecular formula is C10H19NO2. The molecule has 1 rings (SSSR count). The summed E-state index contributed by atoms with van der Waals surface area (Å²) in [5.74, 6) is -0.0900. The Kier molecular flexibility index (Phi) is 2.96. The molecule has 1 saturated heterocycles. The summed E-state index contributed by atoms with van der Waals surface area (Å²) in [5.41, 5.74) is -0.374. The number of hydrogen-bond donors (Lipinski definition) is 0. The molecule has 0 radical (unpaired) electrons. The third-order valence-corrected chi connectivity index (χ3v) is 2.23. The normalized spacial score (nSPS) is 24.8. The van der Waals surface area contributed by atoms with Gasteiger partial charge in [0.1, 0.15) is 6.10 Å². The molecule has 0 amide bonds. The predicted octanol–water partition coefficient (Wildman–Crippen LogP) is 1.28. The number of rotatable bonds is 1. The Morgan fingerprint density at radius 1 is 1.46 bits per heavy atom. The third kappa shape index (κ3) is 2.99. The zero-order valence-electron chi connectivity index (χ0n) is 8.96. The van der Waals surface area contributed by atoms with E-state index < -0.39 is 0 Å². The van der Waals surface area contributed by atoms with Gasteiger partial charge in [0.25, 0.3) is 0 Å². The molecular weight excluding hydrogens is 166 g/mol. The molecule has 1 aliphatic rings. The summed E-state index contributed by atoms with van der Waals surface area (Å²) < 4.78 is 5.37. The molecule has 1 heterocycles. The first-order chi connectivity index (χ1) is 5.89. The predicted molar refractivity (Wildman–Crippen MR) is 51.4 cm³/mol. The first-order valence-corrected chi connectivity index (χ1v) is 4.79. The SMILES string of the molecule is CN1CC[C@@H](OC(=O)C(C)(C)C)C1. The van der Waals surface area contributed by atoms with Crippen LogP contribution in [0.4, 0.5) is 0 Å². The van der Waals surface area contributed by atoms with E-state index in [1.807, 2.05) is 27.8 Å². The quantitative estimate of drug-likeness (QED) is 0.576. The van der Waals surface area contributed by atoms with Gasteiger partial charge in [0, 0.05) is 13.1 Å². The monoisotopic (exact) mass is 185 g/mol. The Balaban J connectivity index is 2.37. The molecule has 0 N–H and O–H groups in total. The van der Waals surface area contributed by atoms with Crippen molar-refractivity contribution in [2.45, 2.75) is 33.3 Å². The summed E-state index contributed by atoms with van der Waals surface area (Å²) in [7, 11) is 2.05. The number of ether oxygens (including phenoxy) is 1. The Labute approximate surface area is 80.1 Å². The molecule has 0 aromatic heterocycles. The fraction of sp³-hybridized carbons (Fsp3) is 0.900.